The van der Waals surface area contributed by atoms with Crippen LogP contribution in [0.15, 0.2) is 18.2 Å². The highest BCUT2D eigenvalue weighted by Crippen LogP contribution is 2.23. The van der Waals surface area contributed by atoms with Crippen molar-refractivity contribution in [2.75, 3.05) is 11.3 Å². The lowest BCUT2D eigenvalue weighted by atomic mass is 10.1. The van der Waals surface area contributed by atoms with Gasteiger partial charge in [-0.25, -0.2) is 8.78 Å². The van der Waals surface area contributed by atoms with E-state index in [9.17, 15) is 22.0 Å². The van der Waals surface area contributed by atoms with Gasteiger partial charge >= 0.3 is 16.2 Å². The Hall–Kier alpha value is -1.74. The molecule has 0 spiro atoms. The monoisotopic (exact) mass is 320 g/mol. The molecule has 0 bridgehead atoms. The number of carbonyl (C=O) groups is 1. The van der Waals surface area contributed by atoms with Gasteiger partial charge in [0.05, 0.1) is 5.69 Å². The summed E-state index contributed by atoms with van der Waals surface area (Å²) in [5.41, 5.74) is -0.163. The third-order valence-electron chi connectivity index (χ3n) is 3.21. The Bertz CT molecular complexity index is 651. The number of hydrogen-bond acceptors (Lipinski definition) is 3. The summed E-state index contributed by atoms with van der Waals surface area (Å²) in [5.74, 6) is -3.52. The highest BCUT2D eigenvalue weighted by Gasteiger charge is 2.36. The van der Waals surface area contributed by atoms with E-state index in [0.717, 1.165) is 16.4 Å². The van der Waals surface area contributed by atoms with E-state index in [2.05, 4.69) is 4.72 Å². The van der Waals surface area contributed by atoms with E-state index in [1.54, 1.807) is 0 Å². The van der Waals surface area contributed by atoms with Crippen LogP contribution in [0.3, 0.4) is 0 Å². The largest absolute Gasteiger partial charge is 0.480 e. The van der Waals surface area contributed by atoms with Gasteiger partial charge in [0.1, 0.15) is 6.04 Å². The summed E-state index contributed by atoms with van der Waals surface area (Å²) in [6, 6.07) is 1.40. The maximum Gasteiger partial charge on any atom is 0.322 e. The zero-order chi connectivity index (χ0) is 15.6. The highest BCUT2D eigenvalue weighted by atomic mass is 32.2. The van der Waals surface area contributed by atoms with E-state index in [1.807, 2.05) is 0 Å². The lowest BCUT2D eigenvalue weighted by Gasteiger charge is -2.31. The molecule has 2 rings (SSSR count). The third-order valence-corrected chi connectivity index (χ3v) is 4.76. The first-order chi connectivity index (χ1) is 9.81. The average molecular weight is 320 g/mol. The van der Waals surface area contributed by atoms with E-state index in [0.29, 0.717) is 18.9 Å². The number of nitrogens with zero attached hydrogens (tertiary/aromatic N) is 1. The molecule has 116 valence electrons. The van der Waals surface area contributed by atoms with Crippen LogP contribution in [-0.4, -0.2) is 36.4 Å². The van der Waals surface area contributed by atoms with Gasteiger partial charge in [-0.1, -0.05) is 0 Å². The molecule has 1 fully saturated rings. The van der Waals surface area contributed by atoms with Gasteiger partial charge in [-0.3, -0.25) is 9.52 Å². The van der Waals surface area contributed by atoms with Gasteiger partial charge in [-0.15, -0.1) is 0 Å². The van der Waals surface area contributed by atoms with Crippen molar-refractivity contribution in [2.24, 2.45) is 0 Å². The molecule has 2 N–H and O–H groups in total. The van der Waals surface area contributed by atoms with Crippen molar-refractivity contribution < 1.29 is 27.1 Å². The Morgan fingerprint density at radius 3 is 2.62 bits per heavy atom. The quantitative estimate of drug-likeness (QED) is 0.881. The molecular formula is C12H14F2N2O4S. The second-order valence-corrected chi connectivity index (χ2v) is 6.32. The molecule has 1 aromatic rings. The number of aliphatic carboxylic acids is 1. The number of hydrogen-bond donors (Lipinski definition) is 2. The third kappa shape index (κ3) is 3.48. The van der Waals surface area contributed by atoms with Crippen LogP contribution in [0.1, 0.15) is 19.3 Å². The van der Waals surface area contributed by atoms with Crippen molar-refractivity contribution in [1.82, 2.24) is 4.31 Å². The van der Waals surface area contributed by atoms with E-state index in [4.69, 9.17) is 5.11 Å². The van der Waals surface area contributed by atoms with Crippen LogP contribution < -0.4 is 4.72 Å². The predicted octanol–water partition coefficient (Wildman–Crippen LogP) is 1.56. The van der Waals surface area contributed by atoms with Gasteiger partial charge in [0.25, 0.3) is 0 Å². The molecule has 1 aliphatic rings. The standard InChI is InChI=1S/C12H14F2N2O4S/c13-9-5-4-8(7-10(9)14)15-21(19,20)16-6-2-1-3-11(16)12(17)18/h4-5,7,11,15H,1-3,6H2,(H,17,18). The van der Waals surface area contributed by atoms with Crippen molar-refractivity contribution in [3.8, 4) is 0 Å². The van der Waals surface area contributed by atoms with Gasteiger partial charge in [0.2, 0.25) is 0 Å². The van der Waals surface area contributed by atoms with Crippen LogP contribution in [0.5, 0.6) is 0 Å². The average Bonchev–Trinajstić information content (AvgIpc) is 2.42. The summed E-state index contributed by atoms with van der Waals surface area (Å²) in [6.07, 6.45) is 1.38. The molecule has 1 saturated heterocycles. The molecule has 0 aliphatic carbocycles. The van der Waals surface area contributed by atoms with Crippen LogP contribution in [0.25, 0.3) is 0 Å². The van der Waals surface area contributed by atoms with Gasteiger partial charge in [-0.05, 0) is 31.4 Å². The Morgan fingerprint density at radius 1 is 1.29 bits per heavy atom. The molecule has 0 radical (unpaired) electrons. The lowest BCUT2D eigenvalue weighted by molar-refractivity contribution is -0.142. The minimum Gasteiger partial charge on any atom is -0.480 e. The molecule has 1 heterocycles. The van der Waals surface area contributed by atoms with E-state index >= 15 is 0 Å². The molecule has 0 aromatic heterocycles. The summed E-state index contributed by atoms with van der Waals surface area (Å²) in [4.78, 5) is 11.1. The normalized spacial score (nSPS) is 20.2. The number of rotatable bonds is 4. The number of halogens is 2. The van der Waals surface area contributed by atoms with Crippen molar-refractivity contribution in [1.29, 1.82) is 0 Å². The van der Waals surface area contributed by atoms with Gasteiger partial charge in [0, 0.05) is 12.6 Å². The Labute approximate surface area is 120 Å². The fourth-order valence-corrected chi connectivity index (χ4v) is 3.65. The van der Waals surface area contributed by atoms with Crippen LogP contribution in [0.4, 0.5) is 14.5 Å². The first kappa shape index (κ1) is 15.6. The Kier molecular flexibility index (Phi) is 4.43. The minimum absolute atomic E-state index is 0.0655. The molecule has 1 aromatic carbocycles. The van der Waals surface area contributed by atoms with Crippen LogP contribution >= 0.6 is 0 Å². The second-order valence-electron chi connectivity index (χ2n) is 4.70. The molecule has 21 heavy (non-hydrogen) atoms. The van der Waals surface area contributed by atoms with E-state index in [-0.39, 0.29) is 18.7 Å². The van der Waals surface area contributed by atoms with E-state index in [1.165, 1.54) is 0 Å². The number of nitrogens with one attached hydrogen (secondary N) is 1. The number of anilines is 1. The summed E-state index contributed by atoms with van der Waals surface area (Å²) >= 11 is 0. The Balaban J connectivity index is 2.23. The summed E-state index contributed by atoms with van der Waals surface area (Å²) in [7, 11) is -4.15. The first-order valence-electron chi connectivity index (χ1n) is 6.29. The molecule has 0 saturated carbocycles. The summed E-state index contributed by atoms with van der Waals surface area (Å²) in [6.45, 7) is 0.0655. The zero-order valence-corrected chi connectivity index (χ0v) is 11.7. The van der Waals surface area contributed by atoms with Crippen molar-refractivity contribution in [3.63, 3.8) is 0 Å². The summed E-state index contributed by atoms with van der Waals surface area (Å²) in [5, 5.41) is 9.08. The molecule has 0 amide bonds. The molecule has 1 atom stereocenters. The number of piperidine rings is 1. The Morgan fingerprint density at radius 2 is 2.00 bits per heavy atom. The maximum atomic E-state index is 13.1. The molecule has 1 unspecified atom stereocenters. The number of carboxylic acid groups (broad SMARTS) is 1. The fourth-order valence-electron chi connectivity index (χ4n) is 2.21. The number of carboxylic acids is 1. The molecular weight excluding hydrogens is 306 g/mol. The SMILES string of the molecule is O=C(O)C1CCCCN1S(=O)(=O)Nc1ccc(F)c(F)c1. The van der Waals surface area contributed by atoms with Crippen LogP contribution in [0.2, 0.25) is 0 Å². The molecule has 9 heteroatoms. The highest BCUT2D eigenvalue weighted by molar-refractivity contribution is 7.90. The zero-order valence-electron chi connectivity index (χ0n) is 10.9. The van der Waals surface area contributed by atoms with Crippen molar-refractivity contribution in [3.05, 3.63) is 29.8 Å². The topological polar surface area (TPSA) is 86.7 Å². The van der Waals surface area contributed by atoms with Gasteiger partial charge in [0.15, 0.2) is 11.6 Å². The van der Waals surface area contributed by atoms with Crippen LogP contribution in [0, 0.1) is 11.6 Å². The van der Waals surface area contributed by atoms with Crippen molar-refractivity contribution in [2.45, 2.75) is 25.3 Å². The van der Waals surface area contributed by atoms with Gasteiger partial charge in [-0.2, -0.15) is 12.7 Å². The minimum atomic E-state index is -4.15. The van der Waals surface area contributed by atoms with Crippen LogP contribution in [-0.2, 0) is 15.0 Å². The lowest BCUT2D eigenvalue weighted by Crippen LogP contribution is -2.49. The van der Waals surface area contributed by atoms with Crippen molar-refractivity contribution >= 4 is 21.9 Å². The number of benzene rings is 1. The van der Waals surface area contributed by atoms with Gasteiger partial charge < -0.3 is 5.11 Å². The predicted molar refractivity (Wildman–Crippen MR) is 70.9 cm³/mol. The second kappa shape index (κ2) is 5.94. The smallest absolute Gasteiger partial charge is 0.322 e. The molecule has 1 aliphatic heterocycles. The maximum absolute atomic E-state index is 13.1. The summed E-state index contributed by atoms with van der Waals surface area (Å²) < 4.78 is 53.2. The fraction of sp³-hybridized carbons (Fsp3) is 0.417. The molecule has 6 nitrogen and oxygen atoms in total. The van der Waals surface area contributed by atoms with E-state index < -0.39 is 33.9 Å². The first-order valence-corrected chi connectivity index (χ1v) is 7.73.